The minimum absolute atomic E-state index is 0.0747. The molecule has 2 aromatic carbocycles. The van der Waals surface area contributed by atoms with Gasteiger partial charge in [-0.3, -0.25) is 9.13 Å². The first-order valence-electron chi connectivity index (χ1n) is 7.23. The van der Waals surface area contributed by atoms with Crippen LogP contribution in [0.3, 0.4) is 0 Å². The largest absolute Gasteiger partial charge is 0.339 e. The van der Waals surface area contributed by atoms with Crippen molar-refractivity contribution in [2.45, 2.75) is 6.92 Å². The SMILES string of the molecule is Cc1nc(-c2ccc(-n3c(=O)n(C)c4ccccc43)cc2)no1. The van der Waals surface area contributed by atoms with Gasteiger partial charge >= 0.3 is 5.69 Å². The van der Waals surface area contributed by atoms with Crippen LogP contribution in [0, 0.1) is 6.92 Å². The zero-order valence-electron chi connectivity index (χ0n) is 12.7. The molecule has 6 nitrogen and oxygen atoms in total. The number of aromatic nitrogens is 4. The Morgan fingerprint density at radius 1 is 1.00 bits per heavy atom. The van der Waals surface area contributed by atoms with Crippen LogP contribution in [0.1, 0.15) is 5.89 Å². The third kappa shape index (κ3) is 2.07. The van der Waals surface area contributed by atoms with Gasteiger partial charge < -0.3 is 4.52 Å². The zero-order valence-corrected chi connectivity index (χ0v) is 12.7. The van der Waals surface area contributed by atoms with E-state index in [-0.39, 0.29) is 5.69 Å². The molecular formula is C17H14N4O2. The average Bonchev–Trinajstić information content (AvgIpc) is 3.11. The lowest BCUT2D eigenvalue weighted by molar-refractivity contribution is 0.394. The van der Waals surface area contributed by atoms with Gasteiger partial charge in [0.15, 0.2) is 0 Å². The predicted octanol–water partition coefficient (Wildman–Crippen LogP) is 2.69. The number of imidazole rings is 1. The molecule has 6 heteroatoms. The molecule has 0 aliphatic carbocycles. The summed E-state index contributed by atoms with van der Waals surface area (Å²) in [5.41, 5.74) is 3.35. The van der Waals surface area contributed by atoms with E-state index in [1.165, 1.54) is 0 Å². The third-order valence-corrected chi connectivity index (χ3v) is 3.87. The smallest absolute Gasteiger partial charge is 0.333 e. The van der Waals surface area contributed by atoms with Gasteiger partial charge in [-0.15, -0.1) is 0 Å². The molecule has 0 aliphatic heterocycles. The number of nitrogens with zero attached hydrogens (tertiary/aromatic N) is 4. The Balaban J connectivity index is 1.86. The summed E-state index contributed by atoms with van der Waals surface area (Å²) < 4.78 is 8.33. The Bertz CT molecular complexity index is 1050. The van der Waals surface area contributed by atoms with E-state index in [1.807, 2.05) is 48.5 Å². The molecule has 0 amide bonds. The summed E-state index contributed by atoms with van der Waals surface area (Å²) >= 11 is 0. The summed E-state index contributed by atoms with van der Waals surface area (Å²) in [6.45, 7) is 1.75. The Morgan fingerprint density at radius 2 is 1.70 bits per heavy atom. The summed E-state index contributed by atoms with van der Waals surface area (Å²) in [5, 5.41) is 3.90. The summed E-state index contributed by atoms with van der Waals surface area (Å²) in [6.07, 6.45) is 0. The molecule has 0 unspecified atom stereocenters. The number of benzene rings is 2. The zero-order chi connectivity index (χ0) is 16.0. The molecule has 0 aliphatic rings. The quantitative estimate of drug-likeness (QED) is 0.571. The molecule has 4 aromatic rings. The average molecular weight is 306 g/mol. The summed E-state index contributed by atoms with van der Waals surface area (Å²) in [4.78, 5) is 16.7. The second kappa shape index (κ2) is 4.95. The summed E-state index contributed by atoms with van der Waals surface area (Å²) in [5.74, 6) is 1.06. The summed E-state index contributed by atoms with van der Waals surface area (Å²) in [7, 11) is 1.78. The standard InChI is InChI=1S/C17H14N4O2/c1-11-18-16(19-23-11)12-7-9-13(10-8-12)21-15-6-4-3-5-14(15)20(2)17(21)22/h3-10H,1-2H3. The van der Waals surface area contributed by atoms with E-state index in [0.717, 1.165) is 22.3 Å². The lowest BCUT2D eigenvalue weighted by Crippen LogP contribution is -2.20. The highest BCUT2D eigenvalue weighted by molar-refractivity contribution is 5.78. The van der Waals surface area contributed by atoms with E-state index in [0.29, 0.717) is 11.7 Å². The monoisotopic (exact) mass is 306 g/mol. The molecule has 4 rings (SSSR count). The van der Waals surface area contributed by atoms with Gasteiger partial charge in [-0.05, 0) is 36.4 Å². The maximum Gasteiger partial charge on any atom is 0.333 e. The van der Waals surface area contributed by atoms with Gasteiger partial charge in [0.05, 0.1) is 16.7 Å². The molecule has 2 heterocycles. The molecule has 114 valence electrons. The van der Waals surface area contributed by atoms with Crippen LogP contribution < -0.4 is 5.69 Å². The molecule has 0 spiro atoms. The number of hydrogen-bond donors (Lipinski definition) is 0. The van der Waals surface area contributed by atoms with Gasteiger partial charge in [0, 0.05) is 19.5 Å². The molecule has 0 N–H and O–H groups in total. The van der Waals surface area contributed by atoms with E-state index >= 15 is 0 Å². The molecular weight excluding hydrogens is 292 g/mol. The fourth-order valence-corrected chi connectivity index (χ4v) is 2.72. The van der Waals surface area contributed by atoms with Crippen molar-refractivity contribution in [2.24, 2.45) is 7.05 Å². The first kappa shape index (κ1) is 13.5. The molecule has 0 saturated carbocycles. The molecule has 0 fully saturated rings. The van der Waals surface area contributed by atoms with Gasteiger partial charge in [0.25, 0.3) is 0 Å². The van der Waals surface area contributed by atoms with Crippen LogP contribution in [0.5, 0.6) is 0 Å². The maximum absolute atomic E-state index is 12.5. The van der Waals surface area contributed by atoms with Crippen molar-refractivity contribution in [3.8, 4) is 17.1 Å². The molecule has 0 radical (unpaired) electrons. The maximum atomic E-state index is 12.5. The Hall–Kier alpha value is -3.15. The minimum Gasteiger partial charge on any atom is -0.339 e. The number of para-hydroxylation sites is 2. The Labute approximate surface area is 131 Å². The van der Waals surface area contributed by atoms with Crippen LogP contribution in [-0.4, -0.2) is 19.3 Å². The number of hydrogen-bond acceptors (Lipinski definition) is 4. The second-order valence-electron chi connectivity index (χ2n) is 5.35. The fraction of sp³-hybridized carbons (Fsp3) is 0.118. The van der Waals surface area contributed by atoms with Crippen molar-refractivity contribution < 1.29 is 4.52 Å². The van der Waals surface area contributed by atoms with Gasteiger partial charge in [0.1, 0.15) is 0 Å². The molecule has 23 heavy (non-hydrogen) atoms. The number of fused-ring (bicyclic) bond motifs is 1. The van der Waals surface area contributed by atoms with Crippen LogP contribution in [0.4, 0.5) is 0 Å². The normalized spacial score (nSPS) is 11.2. The van der Waals surface area contributed by atoms with Crippen molar-refractivity contribution in [2.75, 3.05) is 0 Å². The highest BCUT2D eigenvalue weighted by Crippen LogP contribution is 2.20. The third-order valence-electron chi connectivity index (χ3n) is 3.87. The van der Waals surface area contributed by atoms with Crippen molar-refractivity contribution in [1.82, 2.24) is 19.3 Å². The minimum atomic E-state index is -0.0747. The van der Waals surface area contributed by atoms with E-state index in [1.54, 1.807) is 23.1 Å². The first-order chi connectivity index (χ1) is 11.1. The lowest BCUT2D eigenvalue weighted by Gasteiger charge is -2.04. The molecule has 0 atom stereocenters. The van der Waals surface area contributed by atoms with Crippen molar-refractivity contribution in [3.05, 3.63) is 64.9 Å². The van der Waals surface area contributed by atoms with Crippen molar-refractivity contribution in [3.63, 3.8) is 0 Å². The van der Waals surface area contributed by atoms with E-state index in [9.17, 15) is 4.79 Å². The van der Waals surface area contributed by atoms with Crippen molar-refractivity contribution in [1.29, 1.82) is 0 Å². The molecule has 2 aromatic heterocycles. The van der Waals surface area contributed by atoms with Gasteiger partial charge in [-0.25, -0.2) is 4.79 Å². The predicted molar refractivity (Wildman–Crippen MR) is 86.5 cm³/mol. The number of aryl methyl sites for hydroxylation is 2. The van der Waals surface area contributed by atoms with Crippen LogP contribution in [-0.2, 0) is 7.05 Å². The van der Waals surface area contributed by atoms with Crippen LogP contribution >= 0.6 is 0 Å². The topological polar surface area (TPSA) is 65.8 Å². The van der Waals surface area contributed by atoms with E-state index in [2.05, 4.69) is 10.1 Å². The molecule has 0 bridgehead atoms. The second-order valence-corrected chi connectivity index (χ2v) is 5.35. The molecule has 0 saturated heterocycles. The summed E-state index contributed by atoms with van der Waals surface area (Å²) in [6, 6.07) is 15.3. The lowest BCUT2D eigenvalue weighted by atomic mass is 10.2. The number of rotatable bonds is 2. The van der Waals surface area contributed by atoms with Crippen molar-refractivity contribution >= 4 is 11.0 Å². The first-order valence-corrected chi connectivity index (χ1v) is 7.23. The van der Waals surface area contributed by atoms with Crippen LogP contribution in [0.15, 0.2) is 57.8 Å². The Kier molecular flexibility index (Phi) is 2.90. The highest BCUT2D eigenvalue weighted by atomic mass is 16.5. The van der Waals surface area contributed by atoms with E-state index < -0.39 is 0 Å². The van der Waals surface area contributed by atoms with Crippen LogP contribution in [0.25, 0.3) is 28.1 Å². The highest BCUT2D eigenvalue weighted by Gasteiger charge is 2.12. The Morgan fingerprint density at radius 3 is 2.35 bits per heavy atom. The fourth-order valence-electron chi connectivity index (χ4n) is 2.72. The van der Waals surface area contributed by atoms with Gasteiger partial charge in [-0.2, -0.15) is 4.98 Å². The van der Waals surface area contributed by atoms with Gasteiger partial charge in [0.2, 0.25) is 11.7 Å². The van der Waals surface area contributed by atoms with Crippen LogP contribution in [0.2, 0.25) is 0 Å². The van der Waals surface area contributed by atoms with E-state index in [4.69, 9.17) is 4.52 Å². The van der Waals surface area contributed by atoms with Gasteiger partial charge in [-0.1, -0.05) is 17.3 Å².